The average molecular weight is 310 g/mol. The van der Waals surface area contributed by atoms with Crippen molar-refractivity contribution in [3.8, 4) is 0 Å². The second-order valence-corrected chi connectivity index (χ2v) is 7.72. The molecule has 0 fully saturated rings. The molecule has 4 nitrogen and oxygen atoms in total. The molecule has 0 unspecified atom stereocenters. The number of rotatable bonds is 5. The SMILES string of the molecule is Cc1ccc(CNS(=O)(=O)c2cc(CN)sc2C)cc1. The minimum atomic E-state index is -3.48. The summed E-state index contributed by atoms with van der Waals surface area (Å²) in [7, 11) is -3.48. The Bertz CT molecular complexity index is 688. The van der Waals surface area contributed by atoms with E-state index in [4.69, 9.17) is 5.73 Å². The van der Waals surface area contributed by atoms with E-state index < -0.39 is 10.0 Å². The molecule has 6 heteroatoms. The molecular formula is C14H18N2O2S2. The van der Waals surface area contributed by atoms with Gasteiger partial charge in [-0.25, -0.2) is 13.1 Å². The minimum absolute atomic E-state index is 0.288. The van der Waals surface area contributed by atoms with Crippen molar-refractivity contribution in [3.63, 3.8) is 0 Å². The van der Waals surface area contributed by atoms with E-state index in [1.807, 2.05) is 31.2 Å². The summed E-state index contributed by atoms with van der Waals surface area (Å²) in [6, 6.07) is 9.42. The van der Waals surface area contributed by atoms with Crippen LogP contribution in [0.2, 0.25) is 0 Å². The highest BCUT2D eigenvalue weighted by atomic mass is 32.2. The van der Waals surface area contributed by atoms with Crippen molar-refractivity contribution >= 4 is 21.4 Å². The first-order chi connectivity index (χ1) is 9.42. The third kappa shape index (κ3) is 3.46. The lowest BCUT2D eigenvalue weighted by Crippen LogP contribution is -2.23. The largest absolute Gasteiger partial charge is 0.326 e. The second-order valence-electron chi connectivity index (χ2n) is 4.65. The summed E-state index contributed by atoms with van der Waals surface area (Å²) in [6.07, 6.45) is 0. The zero-order valence-electron chi connectivity index (χ0n) is 11.5. The number of nitrogens with one attached hydrogen (secondary N) is 1. The topological polar surface area (TPSA) is 72.2 Å². The van der Waals surface area contributed by atoms with Gasteiger partial charge in [0, 0.05) is 22.8 Å². The van der Waals surface area contributed by atoms with E-state index in [1.165, 1.54) is 11.3 Å². The van der Waals surface area contributed by atoms with Gasteiger partial charge in [-0.1, -0.05) is 29.8 Å². The highest BCUT2D eigenvalue weighted by Crippen LogP contribution is 2.25. The van der Waals surface area contributed by atoms with Crippen LogP contribution in [0.3, 0.4) is 0 Å². The maximum atomic E-state index is 12.3. The van der Waals surface area contributed by atoms with E-state index in [1.54, 1.807) is 13.0 Å². The van der Waals surface area contributed by atoms with Crippen LogP contribution in [0.5, 0.6) is 0 Å². The van der Waals surface area contributed by atoms with Crippen molar-refractivity contribution in [3.05, 3.63) is 51.2 Å². The Balaban J connectivity index is 2.14. The van der Waals surface area contributed by atoms with E-state index in [0.717, 1.165) is 20.9 Å². The van der Waals surface area contributed by atoms with Gasteiger partial charge in [0.05, 0.1) is 4.90 Å². The van der Waals surface area contributed by atoms with Crippen molar-refractivity contribution in [2.45, 2.75) is 31.8 Å². The van der Waals surface area contributed by atoms with Crippen LogP contribution in [0.1, 0.15) is 20.9 Å². The summed E-state index contributed by atoms with van der Waals surface area (Å²) in [4.78, 5) is 1.97. The van der Waals surface area contributed by atoms with Gasteiger partial charge in [-0.2, -0.15) is 0 Å². The van der Waals surface area contributed by atoms with Gasteiger partial charge in [0.15, 0.2) is 0 Å². The summed E-state index contributed by atoms with van der Waals surface area (Å²) >= 11 is 1.42. The molecule has 3 N–H and O–H groups in total. The summed E-state index contributed by atoms with van der Waals surface area (Å²) in [5.41, 5.74) is 7.64. The first-order valence-corrected chi connectivity index (χ1v) is 8.57. The van der Waals surface area contributed by atoms with Gasteiger partial charge in [-0.15, -0.1) is 11.3 Å². The zero-order chi connectivity index (χ0) is 14.8. The Morgan fingerprint density at radius 2 is 1.85 bits per heavy atom. The summed E-state index contributed by atoms with van der Waals surface area (Å²) in [6.45, 7) is 4.44. The standard InChI is InChI=1S/C14H18N2O2S2/c1-10-3-5-12(6-4-10)9-16-20(17,18)14-7-13(8-15)19-11(14)2/h3-7,16H,8-9,15H2,1-2H3. The molecule has 0 radical (unpaired) electrons. The molecule has 2 aromatic rings. The number of nitrogens with two attached hydrogens (primary N) is 1. The van der Waals surface area contributed by atoms with Crippen LogP contribution in [-0.4, -0.2) is 8.42 Å². The summed E-state index contributed by atoms with van der Waals surface area (Å²) in [5, 5.41) is 0. The molecule has 0 saturated carbocycles. The van der Waals surface area contributed by atoms with E-state index in [2.05, 4.69) is 4.72 Å². The molecular weight excluding hydrogens is 292 g/mol. The van der Waals surface area contributed by atoms with Gasteiger partial charge >= 0.3 is 0 Å². The quantitative estimate of drug-likeness (QED) is 0.890. The highest BCUT2D eigenvalue weighted by Gasteiger charge is 2.19. The minimum Gasteiger partial charge on any atom is -0.326 e. The zero-order valence-corrected chi connectivity index (χ0v) is 13.1. The van der Waals surface area contributed by atoms with Crippen LogP contribution in [0.25, 0.3) is 0 Å². The van der Waals surface area contributed by atoms with Crippen LogP contribution in [-0.2, 0) is 23.1 Å². The Hall–Kier alpha value is -1.21. The van der Waals surface area contributed by atoms with Crippen molar-refractivity contribution in [1.29, 1.82) is 0 Å². The fourth-order valence-electron chi connectivity index (χ4n) is 1.85. The van der Waals surface area contributed by atoms with E-state index in [-0.39, 0.29) is 6.54 Å². The predicted molar refractivity (Wildman–Crippen MR) is 82.2 cm³/mol. The molecule has 0 atom stereocenters. The van der Waals surface area contributed by atoms with Crippen LogP contribution < -0.4 is 10.5 Å². The highest BCUT2D eigenvalue weighted by molar-refractivity contribution is 7.89. The van der Waals surface area contributed by atoms with Crippen molar-refractivity contribution in [2.75, 3.05) is 0 Å². The van der Waals surface area contributed by atoms with E-state index >= 15 is 0 Å². The van der Waals surface area contributed by atoms with Crippen molar-refractivity contribution in [1.82, 2.24) is 4.72 Å². The molecule has 0 bridgehead atoms. The lowest BCUT2D eigenvalue weighted by atomic mass is 10.2. The lowest BCUT2D eigenvalue weighted by Gasteiger charge is -2.06. The molecule has 0 amide bonds. The summed E-state index contributed by atoms with van der Waals surface area (Å²) in [5.74, 6) is 0. The molecule has 1 heterocycles. The number of benzene rings is 1. The molecule has 108 valence electrons. The third-order valence-corrected chi connectivity index (χ3v) is 5.73. The first kappa shape index (κ1) is 15.2. The maximum absolute atomic E-state index is 12.3. The van der Waals surface area contributed by atoms with Gasteiger partial charge in [0.25, 0.3) is 0 Å². The third-order valence-electron chi connectivity index (χ3n) is 3.00. The fraction of sp³-hybridized carbons (Fsp3) is 0.286. The predicted octanol–water partition coefficient (Wildman–Crippen LogP) is 2.30. The molecule has 0 aliphatic carbocycles. The smallest absolute Gasteiger partial charge is 0.241 e. The maximum Gasteiger partial charge on any atom is 0.241 e. The number of aryl methyl sites for hydroxylation is 2. The van der Waals surface area contributed by atoms with Gasteiger partial charge in [0.2, 0.25) is 10.0 Å². The van der Waals surface area contributed by atoms with Crippen molar-refractivity contribution < 1.29 is 8.42 Å². The molecule has 2 rings (SSSR count). The number of hydrogen-bond donors (Lipinski definition) is 2. The van der Waals surface area contributed by atoms with Gasteiger partial charge < -0.3 is 5.73 Å². The molecule has 0 aliphatic rings. The molecule has 0 aliphatic heterocycles. The number of hydrogen-bond acceptors (Lipinski definition) is 4. The first-order valence-electron chi connectivity index (χ1n) is 6.27. The van der Waals surface area contributed by atoms with E-state index in [0.29, 0.717) is 11.4 Å². The van der Waals surface area contributed by atoms with Gasteiger partial charge in [0.1, 0.15) is 0 Å². The monoisotopic (exact) mass is 310 g/mol. The molecule has 0 spiro atoms. The van der Waals surface area contributed by atoms with Gasteiger partial charge in [-0.3, -0.25) is 0 Å². The Morgan fingerprint density at radius 3 is 2.40 bits per heavy atom. The molecule has 0 saturated heterocycles. The molecule has 1 aromatic carbocycles. The fourth-order valence-corrected chi connectivity index (χ4v) is 4.38. The Labute approximate surface area is 123 Å². The lowest BCUT2D eigenvalue weighted by molar-refractivity contribution is 0.581. The van der Waals surface area contributed by atoms with Crippen LogP contribution >= 0.6 is 11.3 Å². The Kier molecular flexibility index (Phi) is 4.59. The van der Waals surface area contributed by atoms with Crippen LogP contribution in [0.4, 0.5) is 0 Å². The van der Waals surface area contributed by atoms with Crippen LogP contribution in [0.15, 0.2) is 35.2 Å². The average Bonchev–Trinajstić information content (AvgIpc) is 2.80. The summed E-state index contributed by atoms with van der Waals surface area (Å²) < 4.78 is 27.2. The molecule has 20 heavy (non-hydrogen) atoms. The molecule has 1 aromatic heterocycles. The Morgan fingerprint density at radius 1 is 1.20 bits per heavy atom. The van der Waals surface area contributed by atoms with Crippen molar-refractivity contribution in [2.24, 2.45) is 5.73 Å². The van der Waals surface area contributed by atoms with Crippen LogP contribution in [0, 0.1) is 13.8 Å². The number of thiophene rings is 1. The van der Waals surface area contributed by atoms with Gasteiger partial charge in [-0.05, 0) is 25.5 Å². The van der Waals surface area contributed by atoms with E-state index in [9.17, 15) is 8.42 Å². The normalized spacial score (nSPS) is 11.8. The number of sulfonamides is 1. The second kappa shape index (κ2) is 6.05.